The van der Waals surface area contributed by atoms with Gasteiger partial charge in [-0.3, -0.25) is 4.79 Å². The zero-order valence-electron chi connectivity index (χ0n) is 11.1. The van der Waals surface area contributed by atoms with Crippen molar-refractivity contribution in [2.75, 3.05) is 7.05 Å². The largest absolute Gasteiger partial charge is 0.469 e. The van der Waals surface area contributed by atoms with Gasteiger partial charge in [-0.25, -0.2) is 0 Å². The SMILES string of the molecule is Cc1occc1CN(C)C(=O)[C@@H](N)CC(C)C. The van der Waals surface area contributed by atoms with Crippen LogP contribution in [0.25, 0.3) is 0 Å². The van der Waals surface area contributed by atoms with Gasteiger partial charge in [0.25, 0.3) is 0 Å². The fourth-order valence-corrected chi connectivity index (χ4v) is 1.80. The molecular formula is C13H22N2O2. The number of nitrogens with two attached hydrogens (primary N) is 1. The molecule has 0 aromatic carbocycles. The first-order chi connectivity index (χ1) is 7.91. The Balaban J connectivity index is 2.55. The molecule has 1 rings (SSSR count). The van der Waals surface area contributed by atoms with Crippen molar-refractivity contribution >= 4 is 5.91 Å². The van der Waals surface area contributed by atoms with Crippen molar-refractivity contribution in [1.29, 1.82) is 0 Å². The second kappa shape index (κ2) is 5.87. The average Bonchev–Trinajstić information content (AvgIpc) is 2.62. The molecule has 96 valence electrons. The first-order valence-corrected chi connectivity index (χ1v) is 5.95. The van der Waals surface area contributed by atoms with Crippen LogP contribution in [0.3, 0.4) is 0 Å². The van der Waals surface area contributed by atoms with Gasteiger partial charge in [-0.2, -0.15) is 0 Å². The first kappa shape index (κ1) is 13.8. The van der Waals surface area contributed by atoms with Gasteiger partial charge in [0, 0.05) is 19.2 Å². The van der Waals surface area contributed by atoms with Crippen molar-refractivity contribution in [2.45, 2.75) is 39.8 Å². The van der Waals surface area contributed by atoms with E-state index in [1.807, 2.05) is 13.0 Å². The maximum atomic E-state index is 12.0. The van der Waals surface area contributed by atoms with Crippen molar-refractivity contribution in [3.8, 4) is 0 Å². The van der Waals surface area contributed by atoms with E-state index in [0.717, 1.165) is 11.3 Å². The zero-order valence-corrected chi connectivity index (χ0v) is 11.1. The molecule has 1 atom stereocenters. The fourth-order valence-electron chi connectivity index (χ4n) is 1.80. The van der Waals surface area contributed by atoms with Crippen LogP contribution in [0.1, 0.15) is 31.6 Å². The van der Waals surface area contributed by atoms with Crippen LogP contribution in [-0.2, 0) is 11.3 Å². The van der Waals surface area contributed by atoms with Gasteiger partial charge in [0.05, 0.1) is 12.3 Å². The molecule has 0 aliphatic carbocycles. The molecule has 4 heteroatoms. The molecule has 2 N–H and O–H groups in total. The Labute approximate surface area is 103 Å². The molecule has 1 aromatic heterocycles. The number of hydrogen-bond donors (Lipinski definition) is 1. The molecule has 0 aliphatic heterocycles. The minimum atomic E-state index is -0.410. The molecule has 1 aromatic rings. The van der Waals surface area contributed by atoms with E-state index < -0.39 is 6.04 Å². The summed E-state index contributed by atoms with van der Waals surface area (Å²) < 4.78 is 5.20. The molecule has 0 spiro atoms. The number of carbonyl (C=O) groups excluding carboxylic acids is 1. The molecular weight excluding hydrogens is 216 g/mol. The summed E-state index contributed by atoms with van der Waals surface area (Å²) in [7, 11) is 1.77. The van der Waals surface area contributed by atoms with E-state index in [1.54, 1.807) is 18.2 Å². The molecule has 0 bridgehead atoms. The summed E-state index contributed by atoms with van der Waals surface area (Å²) >= 11 is 0. The lowest BCUT2D eigenvalue weighted by atomic mass is 10.0. The van der Waals surface area contributed by atoms with E-state index >= 15 is 0 Å². The van der Waals surface area contributed by atoms with Crippen LogP contribution >= 0.6 is 0 Å². The molecule has 4 nitrogen and oxygen atoms in total. The third kappa shape index (κ3) is 3.89. The van der Waals surface area contributed by atoms with Crippen molar-refractivity contribution < 1.29 is 9.21 Å². The average molecular weight is 238 g/mol. The van der Waals surface area contributed by atoms with E-state index in [-0.39, 0.29) is 5.91 Å². The monoisotopic (exact) mass is 238 g/mol. The van der Waals surface area contributed by atoms with Crippen molar-refractivity contribution in [3.63, 3.8) is 0 Å². The van der Waals surface area contributed by atoms with Crippen molar-refractivity contribution in [3.05, 3.63) is 23.7 Å². The summed E-state index contributed by atoms with van der Waals surface area (Å²) in [5, 5.41) is 0. The van der Waals surface area contributed by atoms with Crippen LogP contribution in [0.4, 0.5) is 0 Å². The Morgan fingerprint density at radius 3 is 2.65 bits per heavy atom. The second-order valence-corrected chi connectivity index (χ2v) is 4.93. The number of amides is 1. The van der Waals surface area contributed by atoms with Crippen LogP contribution in [0.5, 0.6) is 0 Å². The second-order valence-electron chi connectivity index (χ2n) is 4.93. The van der Waals surface area contributed by atoms with E-state index in [2.05, 4.69) is 13.8 Å². The molecule has 0 saturated carbocycles. The van der Waals surface area contributed by atoms with Gasteiger partial charge >= 0.3 is 0 Å². The lowest BCUT2D eigenvalue weighted by molar-refractivity contribution is -0.132. The predicted octanol–water partition coefficient (Wildman–Crippen LogP) is 1.92. The maximum absolute atomic E-state index is 12.0. The Kier molecular flexibility index (Phi) is 4.75. The molecule has 0 fully saturated rings. The third-order valence-electron chi connectivity index (χ3n) is 2.79. The number of furan rings is 1. The maximum Gasteiger partial charge on any atom is 0.239 e. The first-order valence-electron chi connectivity index (χ1n) is 5.95. The van der Waals surface area contributed by atoms with E-state index in [1.165, 1.54) is 0 Å². The molecule has 1 amide bonds. The summed E-state index contributed by atoms with van der Waals surface area (Å²) in [5.74, 6) is 1.26. The Hall–Kier alpha value is -1.29. The van der Waals surface area contributed by atoms with Gasteiger partial charge in [-0.05, 0) is 25.3 Å². The predicted molar refractivity (Wildman–Crippen MR) is 67.3 cm³/mol. The highest BCUT2D eigenvalue weighted by atomic mass is 16.3. The lowest BCUT2D eigenvalue weighted by Crippen LogP contribution is -2.42. The van der Waals surface area contributed by atoms with Crippen LogP contribution in [0, 0.1) is 12.8 Å². The number of nitrogens with zero attached hydrogens (tertiary/aromatic N) is 1. The smallest absolute Gasteiger partial charge is 0.239 e. The highest BCUT2D eigenvalue weighted by molar-refractivity contribution is 5.81. The Bertz CT molecular complexity index is 371. The van der Waals surface area contributed by atoms with Gasteiger partial charge in [0.2, 0.25) is 5.91 Å². The van der Waals surface area contributed by atoms with Crippen LogP contribution in [-0.4, -0.2) is 23.9 Å². The van der Waals surface area contributed by atoms with Gasteiger partial charge in [0.15, 0.2) is 0 Å². The molecule has 1 heterocycles. The summed E-state index contributed by atoms with van der Waals surface area (Å²) in [6, 6.07) is 1.47. The normalized spacial score (nSPS) is 12.8. The summed E-state index contributed by atoms with van der Waals surface area (Å²) in [6.07, 6.45) is 2.35. The number of rotatable bonds is 5. The Morgan fingerprint density at radius 2 is 2.18 bits per heavy atom. The Morgan fingerprint density at radius 1 is 1.53 bits per heavy atom. The minimum Gasteiger partial charge on any atom is -0.469 e. The number of carbonyl (C=O) groups is 1. The zero-order chi connectivity index (χ0) is 13.0. The van der Waals surface area contributed by atoms with Crippen molar-refractivity contribution in [1.82, 2.24) is 4.90 Å². The van der Waals surface area contributed by atoms with E-state index in [9.17, 15) is 4.79 Å². The quantitative estimate of drug-likeness (QED) is 0.852. The summed E-state index contributed by atoms with van der Waals surface area (Å²) in [5.41, 5.74) is 6.90. The molecule has 0 saturated heterocycles. The lowest BCUT2D eigenvalue weighted by Gasteiger charge is -2.22. The van der Waals surface area contributed by atoms with Gasteiger partial charge in [0.1, 0.15) is 5.76 Å². The molecule has 0 unspecified atom stereocenters. The highest BCUT2D eigenvalue weighted by Crippen LogP contribution is 2.12. The number of aryl methyl sites for hydroxylation is 1. The third-order valence-corrected chi connectivity index (χ3v) is 2.79. The highest BCUT2D eigenvalue weighted by Gasteiger charge is 2.19. The van der Waals surface area contributed by atoms with E-state index in [4.69, 9.17) is 10.2 Å². The fraction of sp³-hybridized carbons (Fsp3) is 0.615. The van der Waals surface area contributed by atoms with Crippen LogP contribution in [0.15, 0.2) is 16.7 Å². The summed E-state index contributed by atoms with van der Waals surface area (Å²) in [4.78, 5) is 13.6. The van der Waals surface area contributed by atoms with E-state index in [0.29, 0.717) is 18.9 Å². The molecule has 0 aliphatic rings. The minimum absolute atomic E-state index is 0.0145. The summed E-state index contributed by atoms with van der Waals surface area (Å²) in [6.45, 7) is 6.56. The standard InChI is InChI=1S/C13H22N2O2/c1-9(2)7-12(14)13(16)15(4)8-11-5-6-17-10(11)3/h5-6,9,12H,7-8,14H2,1-4H3/t12-/m0/s1. The van der Waals surface area contributed by atoms with Crippen LogP contribution in [0.2, 0.25) is 0 Å². The number of hydrogen-bond acceptors (Lipinski definition) is 3. The van der Waals surface area contributed by atoms with Gasteiger partial charge in [-0.1, -0.05) is 13.8 Å². The van der Waals surface area contributed by atoms with Crippen LogP contribution < -0.4 is 5.73 Å². The van der Waals surface area contributed by atoms with Gasteiger partial charge in [-0.15, -0.1) is 0 Å². The molecule has 0 radical (unpaired) electrons. The number of likely N-dealkylation sites (N-methyl/N-ethyl adjacent to an activating group) is 1. The van der Waals surface area contributed by atoms with Crippen molar-refractivity contribution in [2.24, 2.45) is 11.7 Å². The topological polar surface area (TPSA) is 59.5 Å². The van der Waals surface area contributed by atoms with Gasteiger partial charge < -0.3 is 15.1 Å². The molecule has 17 heavy (non-hydrogen) atoms.